The van der Waals surface area contributed by atoms with Gasteiger partial charge in [-0.15, -0.1) is 0 Å². The molecule has 24 heteroatoms. The third-order valence-electron chi connectivity index (χ3n) is 14.3. The molecule has 0 saturated carbocycles. The minimum absolute atomic E-state index is 0.0453. The summed E-state index contributed by atoms with van der Waals surface area (Å²) in [5, 5.41) is 19.8. The monoisotopic (exact) mass is 1070 g/mol. The van der Waals surface area contributed by atoms with Crippen LogP contribution >= 0.6 is 0 Å². The Hall–Kier alpha value is -8.44. The summed E-state index contributed by atoms with van der Waals surface area (Å²) in [6.45, 7) is 2.83. The molecule has 4 aliphatic rings. The predicted octanol–water partition coefficient (Wildman–Crippen LogP) is -0.835. The molecule has 3 aromatic rings. The Bertz CT molecular complexity index is 2830. The maximum absolute atomic E-state index is 15.0. The Balaban J connectivity index is 1.28. The van der Waals surface area contributed by atoms with Crippen molar-refractivity contribution in [3.05, 3.63) is 83.7 Å². The van der Waals surface area contributed by atoms with E-state index in [0.29, 0.717) is 49.1 Å². The second-order valence-electron chi connectivity index (χ2n) is 20.0. The standard InChI is InChI=1S/C54H70N14O10/c1-31(69)44-18-10-24-67(44)53(78)45-19-11-25-68(45)52(77)43-29-46(71)58-23-20-39(61-32(2)70)48(73)65-42(28-35-14-8-21-57-35)51(76)63-40(26-33-12-4-3-5-13-33)49(74)62-38(17-9-22-59-54(55)56)47(72)64-41(50(75)66-43)27-34-30-60-37-16-7-6-15-36(34)37/h3-7,12-16,21,30,38-45,60H,8-11,17-20,22-29H2,1-2H3,(H,58,71)(H,61,70)(H,62,74)(H,63,76)(H,64,72)(H,65,73)(H,66,75)(H4,55,56,59)/t38-,39-,40+,41-,42-,43-,44-,45-/m0/s1. The summed E-state index contributed by atoms with van der Waals surface area (Å²) in [5.74, 6) is -7.04. The number of amides is 9. The zero-order valence-electron chi connectivity index (χ0n) is 43.9. The van der Waals surface area contributed by atoms with E-state index in [0.717, 1.165) is 10.9 Å². The molecule has 0 radical (unpaired) electrons. The van der Waals surface area contributed by atoms with Crippen molar-refractivity contribution in [1.82, 2.24) is 52.0 Å². The molecule has 0 spiro atoms. The van der Waals surface area contributed by atoms with Gasteiger partial charge < -0.3 is 63.5 Å². The first kappa shape index (κ1) is 57.3. The van der Waals surface area contributed by atoms with Crippen molar-refractivity contribution in [3.8, 4) is 0 Å². The van der Waals surface area contributed by atoms with Crippen molar-refractivity contribution < 1.29 is 47.9 Å². The van der Waals surface area contributed by atoms with Crippen LogP contribution in [0.4, 0.5) is 0 Å². The molecule has 0 bridgehead atoms. The van der Waals surface area contributed by atoms with Gasteiger partial charge in [-0.05, 0) is 69.1 Å². The van der Waals surface area contributed by atoms with Crippen LogP contribution in [0.2, 0.25) is 0 Å². The van der Waals surface area contributed by atoms with Gasteiger partial charge in [-0.1, -0.05) is 54.6 Å². The van der Waals surface area contributed by atoms with Crippen LogP contribution in [0.5, 0.6) is 0 Å². The van der Waals surface area contributed by atoms with Gasteiger partial charge in [0.05, 0.1) is 12.5 Å². The van der Waals surface area contributed by atoms with Crippen LogP contribution in [-0.4, -0.2) is 160 Å². The smallest absolute Gasteiger partial charge is 0.246 e. The molecule has 9 amide bonds. The molecule has 4 aliphatic heterocycles. The Labute approximate surface area is 451 Å². The van der Waals surface area contributed by atoms with Crippen molar-refractivity contribution in [2.24, 2.45) is 21.5 Å². The molecule has 0 unspecified atom stereocenters. The third kappa shape index (κ3) is 15.4. The number of fused-ring (bicyclic) bond motifs is 1. The van der Waals surface area contributed by atoms with Gasteiger partial charge >= 0.3 is 0 Å². The molecule has 3 fully saturated rings. The number of likely N-dealkylation sites (tertiary alicyclic amines) is 2. The molecule has 7 rings (SSSR count). The van der Waals surface area contributed by atoms with Crippen LogP contribution in [-0.2, 0) is 60.8 Å². The highest BCUT2D eigenvalue weighted by atomic mass is 16.2. The predicted molar refractivity (Wildman–Crippen MR) is 288 cm³/mol. The summed E-state index contributed by atoms with van der Waals surface area (Å²) in [6.07, 6.45) is 6.16. The van der Waals surface area contributed by atoms with Crippen molar-refractivity contribution in [3.63, 3.8) is 0 Å². The number of Topliss-reactive ketones (excluding diaryl/α,β-unsaturated/α-hetero) is 1. The molecule has 24 nitrogen and oxygen atoms in total. The molecule has 12 N–H and O–H groups in total. The number of hydrogen-bond acceptors (Lipinski definition) is 12. The Kier molecular flexibility index (Phi) is 19.9. The second-order valence-corrected chi connectivity index (χ2v) is 20.0. The van der Waals surface area contributed by atoms with Gasteiger partial charge in [0.1, 0.15) is 42.3 Å². The minimum Gasteiger partial charge on any atom is -0.370 e. The van der Waals surface area contributed by atoms with Gasteiger partial charge in [0.25, 0.3) is 0 Å². The maximum Gasteiger partial charge on any atom is 0.246 e. The number of benzene rings is 2. The number of allylic oxidation sites excluding steroid dienone is 1. The zero-order valence-corrected chi connectivity index (χ0v) is 43.9. The number of guanidine groups is 1. The Morgan fingerprint density at radius 3 is 2.00 bits per heavy atom. The molecule has 78 heavy (non-hydrogen) atoms. The van der Waals surface area contributed by atoms with Gasteiger partial charge in [0.2, 0.25) is 53.2 Å². The molecule has 8 atom stereocenters. The lowest BCUT2D eigenvalue weighted by Gasteiger charge is -2.33. The molecule has 0 aliphatic carbocycles. The summed E-state index contributed by atoms with van der Waals surface area (Å²) >= 11 is 0. The van der Waals surface area contributed by atoms with Crippen LogP contribution in [0.3, 0.4) is 0 Å². The molecular weight excluding hydrogens is 1000 g/mol. The summed E-state index contributed by atoms with van der Waals surface area (Å²) in [4.78, 5) is 156. The highest BCUT2D eigenvalue weighted by Crippen LogP contribution is 2.27. The summed E-state index contributed by atoms with van der Waals surface area (Å²) in [5.41, 5.74) is 13.7. The number of para-hydroxylation sites is 1. The van der Waals surface area contributed by atoms with Gasteiger partial charge in [-0.3, -0.25) is 57.9 Å². The fourth-order valence-electron chi connectivity index (χ4n) is 10.3. The number of aliphatic imine (C=N–C) groups is 2. The number of carbonyl (C=O) groups excluding carboxylic acids is 10. The topological polar surface area (TPSA) is 354 Å². The van der Waals surface area contributed by atoms with Crippen LogP contribution in [0.1, 0.15) is 89.2 Å². The van der Waals surface area contributed by atoms with Crippen molar-refractivity contribution in [2.45, 2.75) is 139 Å². The number of rotatable bonds is 14. The van der Waals surface area contributed by atoms with E-state index < -0.39 is 108 Å². The first-order valence-corrected chi connectivity index (χ1v) is 26.5. The fraction of sp³-hybridized carbons (Fsp3) is 0.481. The van der Waals surface area contributed by atoms with Crippen LogP contribution < -0.4 is 48.7 Å². The lowest BCUT2D eigenvalue weighted by molar-refractivity contribution is -0.148. The quantitative estimate of drug-likeness (QED) is 0.0537. The average molecular weight is 1080 g/mol. The van der Waals surface area contributed by atoms with E-state index >= 15 is 4.79 Å². The molecule has 416 valence electrons. The number of ketones is 1. The normalized spacial score (nSPS) is 24.9. The zero-order chi connectivity index (χ0) is 55.9. The number of nitrogens with one attached hydrogen (secondary N) is 8. The van der Waals surface area contributed by atoms with Crippen molar-refractivity contribution in [2.75, 3.05) is 26.2 Å². The fourth-order valence-corrected chi connectivity index (χ4v) is 10.3. The maximum atomic E-state index is 15.0. The third-order valence-corrected chi connectivity index (χ3v) is 14.3. The van der Waals surface area contributed by atoms with E-state index in [1.54, 1.807) is 54.9 Å². The summed E-state index contributed by atoms with van der Waals surface area (Å²) in [7, 11) is 0. The van der Waals surface area contributed by atoms with Crippen LogP contribution in [0, 0.1) is 0 Å². The number of carbonyl (C=O) groups is 10. The number of H-pyrrole nitrogens is 1. The molecule has 1 aromatic heterocycles. The van der Waals surface area contributed by atoms with E-state index in [4.69, 9.17) is 11.5 Å². The van der Waals surface area contributed by atoms with Gasteiger partial charge in [-0.2, -0.15) is 0 Å². The van der Waals surface area contributed by atoms with E-state index in [1.165, 1.54) is 23.6 Å². The van der Waals surface area contributed by atoms with Crippen molar-refractivity contribution in [1.29, 1.82) is 0 Å². The van der Waals surface area contributed by atoms with Gasteiger partial charge in [0, 0.05) is 87.8 Å². The lowest BCUT2D eigenvalue weighted by atomic mass is 10.0. The number of aromatic nitrogens is 1. The van der Waals surface area contributed by atoms with Crippen molar-refractivity contribution >= 4 is 82.0 Å². The van der Waals surface area contributed by atoms with E-state index in [-0.39, 0.29) is 76.3 Å². The molecule has 5 heterocycles. The highest BCUT2D eigenvalue weighted by Gasteiger charge is 2.44. The van der Waals surface area contributed by atoms with Crippen LogP contribution in [0.25, 0.3) is 10.9 Å². The summed E-state index contributed by atoms with van der Waals surface area (Å²) in [6, 6.07) is 5.88. The van der Waals surface area contributed by atoms with Gasteiger partial charge in [-0.25, -0.2) is 0 Å². The molecule has 2 aromatic carbocycles. The summed E-state index contributed by atoms with van der Waals surface area (Å²) < 4.78 is 0. The Morgan fingerprint density at radius 2 is 1.32 bits per heavy atom. The highest BCUT2D eigenvalue weighted by molar-refractivity contribution is 6.00. The van der Waals surface area contributed by atoms with E-state index in [2.05, 4.69) is 52.2 Å². The van der Waals surface area contributed by atoms with Crippen LogP contribution in [0.15, 0.2) is 82.6 Å². The Morgan fingerprint density at radius 1 is 0.705 bits per heavy atom. The minimum atomic E-state index is -1.63. The number of aromatic amines is 1. The van der Waals surface area contributed by atoms with E-state index in [1.807, 2.05) is 18.2 Å². The SMILES string of the molecule is CC(=O)N[C@H]1CCNC(=O)C[C@@H](C(=O)N2CCC[C@H]2C(=O)N2CCC[C@H]2C(C)=O)NC(=O)[C@H](Cc2c[nH]c3ccccc23)NC(=O)[C@H](CCCN=C(N)N)NC(=O)[C@@H](Cc2ccccc2)NC(=O)[C@H](CC2=CCC=N2)NC1=O. The first-order valence-electron chi connectivity index (χ1n) is 26.5. The number of nitrogens with two attached hydrogens (primary N) is 2. The molecule has 3 saturated heterocycles. The molecular formula is C54H70N14O10. The largest absolute Gasteiger partial charge is 0.370 e. The number of hydrogen-bond donors (Lipinski definition) is 10. The lowest BCUT2D eigenvalue weighted by Crippen LogP contribution is -2.61. The first-order chi connectivity index (χ1) is 37.4. The van der Waals surface area contributed by atoms with Gasteiger partial charge in [0.15, 0.2) is 11.7 Å². The average Bonchev–Trinajstić information content (AvgIpc) is 4.28. The number of nitrogens with zero attached hydrogens (tertiary/aromatic N) is 4. The van der Waals surface area contributed by atoms with E-state index in [9.17, 15) is 43.2 Å². The second kappa shape index (κ2) is 27.0.